The van der Waals surface area contributed by atoms with Crippen LogP contribution in [0.3, 0.4) is 0 Å². The summed E-state index contributed by atoms with van der Waals surface area (Å²) in [5.74, 6) is 0. The lowest BCUT2D eigenvalue weighted by Crippen LogP contribution is -2.97. The average Bonchev–Trinajstić information content (AvgIpc) is 1.90. The van der Waals surface area contributed by atoms with Gasteiger partial charge in [0.1, 0.15) is 0 Å². The van der Waals surface area contributed by atoms with E-state index in [4.69, 9.17) is 15.3 Å². The van der Waals surface area contributed by atoms with Gasteiger partial charge in [0.15, 0.2) is 6.73 Å². The number of hydrogen-bond acceptors (Lipinski definition) is 5. The molecule has 10 heavy (non-hydrogen) atoms. The maximum atomic E-state index is 8.39. The number of aliphatic hydroxyl groups is 3. The lowest BCUT2D eigenvalue weighted by Gasteiger charge is -2.13. The standard InChI is InChI=1S/C4H13N3O3/c8-1-5-4(6-2-9)7-3-10/h4-10H,1-3H2/p+1. The van der Waals surface area contributed by atoms with Crippen molar-refractivity contribution in [2.75, 3.05) is 20.2 Å². The van der Waals surface area contributed by atoms with Crippen LogP contribution in [0.5, 0.6) is 0 Å². The average molecular weight is 152 g/mol. The molecule has 0 aromatic carbocycles. The monoisotopic (exact) mass is 152 g/mol. The second kappa shape index (κ2) is 6.87. The Morgan fingerprint density at radius 2 is 1.60 bits per heavy atom. The lowest BCUT2D eigenvalue weighted by atomic mass is 10.7. The summed E-state index contributed by atoms with van der Waals surface area (Å²) in [5.41, 5.74) is 0. The second-order valence-electron chi connectivity index (χ2n) is 1.62. The van der Waals surface area contributed by atoms with Gasteiger partial charge in [0, 0.05) is 0 Å². The van der Waals surface area contributed by atoms with E-state index in [1.807, 2.05) is 0 Å². The zero-order valence-corrected chi connectivity index (χ0v) is 5.62. The third-order valence-corrected chi connectivity index (χ3v) is 0.964. The van der Waals surface area contributed by atoms with Crippen LogP contribution >= 0.6 is 0 Å². The van der Waals surface area contributed by atoms with E-state index >= 15 is 0 Å². The molecule has 0 atom stereocenters. The van der Waals surface area contributed by atoms with Gasteiger partial charge in [-0.05, 0) is 0 Å². The molecule has 0 aromatic rings. The quantitative estimate of drug-likeness (QED) is 0.217. The normalized spacial score (nSPS) is 10.8. The van der Waals surface area contributed by atoms with E-state index in [9.17, 15) is 0 Å². The summed E-state index contributed by atoms with van der Waals surface area (Å²) in [6.07, 6.45) is -0.347. The molecule has 0 spiro atoms. The highest BCUT2D eigenvalue weighted by molar-refractivity contribution is 4.38. The van der Waals surface area contributed by atoms with Gasteiger partial charge in [0.2, 0.25) is 6.29 Å². The van der Waals surface area contributed by atoms with E-state index in [0.29, 0.717) is 0 Å². The first-order chi connectivity index (χ1) is 4.85. The molecule has 0 saturated carbocycles. The Morgan fingerprint density at radius 3 is 1.90 bits per heavy atom. The molecule has 0 unspecified atom stereocenters. The van der Waals surface area contributed by atoms with Crippen molar-refractivity contribution in [3.05, 3.63) is 0 Å². The summed E-state index contributed by atoms with van der Waals surface area (Å²) < 4.78 is 0. The zero-order chi connectivity index (χ0) is 7.82. The van der Waals surface area contributed by atoms with Gasteiger partial charge in [0.25, 0.3) is 0 Å². The molecule has 0 aliphatic rings. The predicted octanol–water partition coefficient (Wildman–Crippen LogP) is -4.14. The van der Waals surface area contributed by atoms with E-state index in [-0.39, 0.29) is 26.5 Å². The van der Waals surface area contributed by atoms with Gasteiger partial charge in [0.05, 0.1) is 13.5 Å². The second-order valence-corrected chi connectivity index (χ2v) is 1.62. The van der Waals surface area contributed by atoms with E-state index < -0.39 is 0 Å². The number of nitrogens with one attached hydrogen (secondary N) is 2. The Hall–Kier alpha value is -0.240. The van der Waals surface area contributed by atoms with Crippen LogP contribution in [0.2, 0.25) is 0 Å². The Labute approximate surface area is 58.9 Å². The van der Waals surface area contributed by atoms with Crippen LogP contribution in [0.1, 0.15) is 0 Å². The molecule has 6 nitrogen and oxygen atoms in total. The molecule has 0 heterocycles. The minimum absolute atomic E-state index is 0.106. The summed E-state index contributed by atoms with van der Waals surface area (Å²) in [7, 11) is 0. The maximum absolute atomic E-state index is 8.39. The Kier molecular flexibility index (Phi) is 6.71. The van der Waals surface area contributed by atoms with Crippen LogP contribution in [0, 0.1) is 0 Å². The number of aliphatic hydroxyl groups excluding tert-OH is 3. The van der Waals surface area contributed by atoms with Crippen LogP contribution in [-0.2, 0) is 0 Å². The van der Waals surface area contributed by atoms with Crippen molar-refractivity contribution in [2.45, 2.75) is 6.29 Å². The number of nitrogens with two attached hydrogens (primary N) is 1. The molecular formula is C4H14N3O3+. The summed E-state index contributed by atoms with van der Waals surface area (Å²) in [6.45, 7) is -0.507. The fraction of sp³-hybridized carbons (Fsp3) is 1.00. The minimum Gasteiger partial charge on any atom is -0.381 e. The number of rotatable bonds is 6. The van der Waals surface area contributed by atoms with Crippen molar-refractivity contribution >= 4 is 0 Å². The zero-order valence-electron chi connectivity index (χ0n) is 5.62. The topological polar surface area (TPSA) is 101 Å². The van der Waals surface area contributed by atoms with E-state index in [0.717, 1.165) is 0 Å². The third-order valence-electron chi connectivity index (χ3n) is 0.964. The molecule has 0 aromatic heterocycles. The molecule has 0 fully saturated rings. The van der Waals surface area contributed by atoms with Crippen molar-refractivity contribution in [3.63, 3.8) is 0 Å². The largest absolute Gasteiger partial charge is 0.381 e. The van der Waals surface area contributed by atoms with Crippen molar-refractivity contribution < 1.29 is 20.6 Å². The van der Waals surface area contributed by atoms with Gasteiger partial charge in [-0.1, -0.05) is 0 Å². The van der Waals surface area contributed by atoms with Crippen molar-refractivity contribution in [1.82, 2.24) is 10.6 Å². The fourth-order valence-corrected chi connectivity index (χ4v) is 0.541. The highest BCUT2D eigenvalue weighted by Crippen LogP contribution is 1.56. The molecule has 0 radical (unpaired) electrons. The summed E-state index contributed by atoms with van der Waals surface area (Å²) in [6, 6.07) is 0. The van der Waals surface area contributed by atoms with Crippen molar-refractivity contribution in [1.29, 1.82) is 0 Å². The summed E-state index contributed by atoms with van der Waals surface area (Å²) >= 11 is 0. The Bertz CT molecular complexity index is 58.5. The molecule has 6 heteroatoms. The molecule has 0 rings (SSSR count). The molecular weight excluding hydrogens is 138 g/mol. The van der Waals surface area contributed by atoms with E-state index in [1.54, 1.807) is 0 Å². The van der Waals surface area contributed by atoms with Crippen LogP contribution in [0.25, 0.3) is 0 Å². The van der Waals surface area contributed by atoms with Gasteiger partial charge < -0.3 is 15.3 Å². The highest BCUT2D eigenvalue weighted by Gasteiger charge is 2.05. The van der Waals surface area contributed by atoms with Crippen LogP contribution in [0.4, 0.5) is 0 Å². The van der Waals surface area contributed by atoms with Crippen LogP contribution < -0.4 is 16.0 Å². The molecule has 62 valence electrons. The molecule has 7 N–H and O–H groups in total. The van der Waals surface area contributed by atoms with Gasteiger partial charge >= 0.3 is 0 Å². The summed E-state index contributed by atoms with van der Waals surface area (Å²) in [4.78, 5) is 0. The number of hydrogen-bond donors (Lipinski definition) is 6. The first-order valence-electron chi connectivity index (χ1n) is 2.97. The van der Waals surface area contributed by atoms with Gasteiger partial charge in [-0.2, -0.15) is 0 Å². The Morgan fingerprint density at radius 1 is 1.10 bits per heavy atom. The van der Waals surface area contributed by atoms with Gasteiger partial charge in [-0.3, -0.25) is 5.32 Å². The maximum Gasteiger partial charge on any atom is 0.202 e. The first-order valence-corrected chi connectivity index (χ1v) is 2.97. The van der Waals surface area contributed by atoms with Crippen LogP contribution in [0.15, 0.2) is 0 Å². The predicted molar refractivity (Wildman–Crippen MR) is 33.2 cm³/mol. The molecule has 0 aliphatic carbocycles. The smallest absolute Gasteiger partial charge is 0.202 e. The third kappa shape index (κ3) is 4.62. The minimum atomic E-state index is -0.347. The lowest BCUT2D eigenvalue weighted by molar-refractivity contribution is -0.726. The molecule has 0 amide bonds. The highest BCUT2D eigenvalue weighted by atomic mass is 16.3. The molecule has 0 bridgehead atoms. The molecule has 0 saturated heterocycles. The van der Waals surface area contributed by atoms with E-state index in [1.165, 1.54) is 5.32 Å². The van der Waals surface area contributed by atoms with Crippen molar-refractivity contribution in [2.24, 2.45) is 0 Å². The van der Waals surface area contributed by atoms with Crippen molar-refractivity contribution in [3.8, 4) is 0 Å². The van der Waals surface area contributed by atoms with Gasteiger partial charge in [-0.25, -0.2) is 10.6 Å². The Balaban J connectivity index is 3.30. The first kappa shape index (κ1) is 9.76. The van der Waals surface area contributed by atoms with Gasteiger partial charge in [-0.15, -0.1) is 0 Å². The van der Waals surface area contributed by atoms with Crippen LogP contribution in [-0.4, -0.2) is 41.8 Å². The fourth-order valence-electron chi connectivity index (χ4n) is 0.541. The molecule has 0 aliphatic heterocycles. The van der Waals surface area contributed by atoms with E-state index in [2.05, 4.69) is 10.6 Å². The summed E-state index contributed by atoms with van der Waals surface area (Å²) in [5, 5.41) is 31.7. The SMILES string of the molecule is OCNC(NCO)[NH2+]CO. The number of quaternary nitrogens is 1.